The molecule has 1 aromatic rings. The number of aliphatic hydroxyl groups is 1. The summed E-state index contributed by atoms with van der Waals surface area (Å²) in [7, 11) is 0. The number of carbonyl (C=O) groups is 1. The summed E-state index contributed by atoms with van der Waals surface area (Å²) in [4.78, 5) is 12.1. The lowest BCUT2D eigenvalue weighted by molar-refractivity contribution is 0.0849. The maximum absolute atomic E-state index is 12.1. The lowest BCUT2D eigenvalue weighted by Gasteiger charge is -2.26. The SMILES string of the molecule is Nc1ccc(Br)c(C(=O)NC2CCCC(O)C2)c1. The molecule has 2 rings (SSSR count). The second kappa shape index (κ2) is 5.71. The van der Waals surface area contributed by atoms with Crippen molar-refractivity contribution in [3.63, 3.8) is 0 Å². The molecule has 1 amide bonds. The lowest BCUT2D eigenvalue weighted by atomic mass is 9.93. The third kappa shape index (κ3) is 3.23. The zero-order chi connectivity index (χ0) is 13.1. The molecule has 4 N–H and O–H groups in total. The van der Waals surface area contributed by atoms with Crippen LogP contribution in [0.5, 0.6) is 0 Å². The molecule has 0 aliphatic heterocycles. The molecule has 1 aliphatic carbocycles. The number of benzene rings is 1. The predicted octanol–water partition coefficient (Wildman–Crippen LogP) is 2.06. The Morgan fingerprint density at radius 2 is 2.22 bits per heavy atom. The van der Waals surface area contributed by atoms with Crippen LogP contribution in [0, 0.1) is 0 Å². The summed E-state index contributed by atoms with van der Waals surface area (Å²) in [6.45, 7) is 0. The largest absolute Gasteiger partial charge is 0.399 e. The summed E-state index contributed by atoms with van der Waals surface area (Å²) >= 11 is 3.34. The van der Waals surface area contributed by atoms with E-state index in [0.717, 1.165) is 23.7 Å². The van der Waals surface area contributed by atoms with Crippen LogP contribution in [0.15, 0.2) is 22.7 Å². The highest BCUT2D eigenvalue weighted by atomic mass is 79.9. The third-order valence-corrected chi connectivity index (χ3v) is 3.91. The van der Waals surface area contributed by atoms with Crippen molar-refractivity contribution in [3.8, 4) is 0 Å². The van der Waals surface area contributed by atoms with Crippen molar-refractivity contribution in [2.45, 2.75) is 37.8 Å². The Hall–Kier alpha value is -1.07. The van der Waals surface area contributed by atoms with Crippen molar-refractivity contribution < 1.29 is 9.90 Å². The average molecular weight is 313 g/mol. The third-order valence-electron chi connectivity index (χ3n) is 3.22. The van der Waals surface area contributed by atoms with Gasteiger partial charge in [0.25, 0.3) is 5.91 Å². The first-order valence-corrected chi connectivity index (χ1v) is 6.89. The van der Waals surface area contributed by atoms with E-state index >= 15 is 0 Å². The number of rotatable bonds is 2. The van der Waals surface area contributed by atoms with Gasteiger partial charge in [-0.1, -0.05) is 0 Å². The Balaban J connectivity index is 2.05. The van der Waals surface area contributed by atoms with Gasteiger partial charge in [-0.3, -0.25) is 4.79 Å². The molecule has 98 valence electrons. The summed E-state index contributed by atoms with van der Waals surface area (Å²) in [5.74, 6) is -0.145. The molecule has 18 heavy (non-hydrogen) atoms. The van der Waals surface area contributed by atoms with E-state index in [0.29, 0.717) is 17.7 Å². The van der Waals surface area contributed by atoms with Gasteiger partial charge in [-0.25, -0.2) is 0 Å². The van der Waals surface area contributed by atoms with Crippen LogP contribution in [0.1, 0.15) is 36.0 Å². The fourth-order valence-electron chi connectivity index (χ4n) is 2.28. The molecule has 0 bridgehead atoms. The van der Waals surface area contributed by atoms with Crippen molar-refractivity contribution in [3.05, 3.63) is 28.2 Å². The van der Waals surface area contributed by atoms with Crippen molar-refractivity contribution in [1.82, 2.24) is 5.32 Å². The maximum atomic E-state index is 12.1. The number of nitrogens with two attached hydrogens (primary N) is 1. The normalized spacial score (nSPS) is 23.7. The zero-order valence-electron chi connectivity index (χ0n) is 10.0. The molecular formula is C13H17BrN2O2. The molecule has 1 fully saturated rings. The van der Waals surface area contributed by atoms with Gasteiger partial charge >= 0.3 is 0 Å². The molecule has 0 radical (unpaired) electrons. The van der Waals surface area contributed by atoms with Crippen LogP contribution >= 0.6 is 15.9 Å². The van der Waals surface area contributed by atoms with Crippen molar-refractivity contribution in [1.29, 1.82) is 0 Å². The van der Waals surface area contributed by atoms with Crippen LogP contribution in [-0.2, 0) is 0 Å². The molecule has 2 unspecified atom stereocenters. The molecule has 0 spiro atoms. The summed E-state index contributed by atoms with van der Waals surface area (Å²) in [5.41, 5.74) is 6.78. The van der Waals surface area contributed by atoms with Gasteiger partial charge in [-0.15, -0.1) is 0 Å². The molecule has 0 saturated heterocycles. The number of carbonyl (C=O) groups excluding carboxylic acids is 1. The first-order valence-electron chi connectivity index (χ1n) is 6.10. The number of aliphatic hydroxyl groups excluding tert-OH is 1. The van der Waals surface area contributed by atoms with E-state index in [9.17, 15) is 9.90 Å². The Bertz CT molecular complexity index is 451. The fourth-order valence-corrected chi connectivity index (χ4v) is 2.70. The summed E-state index contributed by atoms with van der Waals surface area (Å²) in [5, 5.41) is 12.5. The van der Waals surface area contributed by atoms with Gasteiger partial charge in [-0.05, 0) is 59.8 Å². The number of hydrogen-bond acceptors (Lipinski definition) is 3. The van der Waals surface area contributed by atoms with Crippen molar-refractivity contribution in [2.75, 3.05) is 5.73 Å². The van der Waals surface area contributed by atoms with Crippen LogP contribution in [0.25, 0.3) is 0 Å². The van der Waals surface area contributed by atoms with Gasteiger partial charge in [0, 0.05) is 16.2 Å². The van der Waals surface area contributed by atoms with Gasteiger partial charge in [0.1, 0.15) is 0 Å². The summed E-state index contributed by atoms with van der Waals surface area (Å²) in [6.07, 6.45) is 3.03. The van der Waals surface area contributed by atoms with E-state index in [-0.39, 0.29) is 18.1 Å². The fraction of sp³-hybridized carbons (Fsp3) is 0.462. The minimum Gasteiger partial charge on any atom is -0.399 e. The van der Waals surface area contributed by atoms with Crippen molar-refractivity contribution in [2.24, 2.45) is 0 Å². The van der Waals surface area contributed by atoms with Gasteiger partial charge in [0.2, 0.25) is 0 Å². The Morgan fingerprint density at radius 3 is 2.94 bits per heavy atom. The van der Waals surface area contributed by atoms with Gasteiger partial charge < -0.3 is 16.2 Å². The molecule has 1 saturated carbocycles. The van der Waals surface area contributed by atoms with Crippen molar-refractivity contribution >= 4 is 27.5 Å². The van der Waals surface area contributed by atoms with E-state index in [1.807, 2.05) is 0 Å². The Labute approximate surface area is 115 Å². The van der Waals surface area contributed by atoms with Crippen LogP contribution in [0.3, 0.4) is 0 Å². The zero-order valence-corrected chi connectivity index (χ0v) is 11.6. The molecular weight excluding hydrogens is 296 g/mol. The predicted molar refractivity (Wildman–Crippen MR) is 74.3 cm³/mol. The van der Waals surface area contributed by atoms with Crippen LogP contribution in [-0.4, -0.2) is 23.2 Å². The monoisotopic (exact) mass is 312 g/mol. The topological polar surface area (TPSA) is 75.4 Å². The molecule has 1 aromatic carbocycles. The number of halogens is 1. The molecule has 5 heteroatoms. The highest BCUT2D eigenvalue weighted by Crippen LogP contribution is 2.22. The summed E-state index contributed by atoms with van der Waals surface area (Å²) < 4.78 is 0.727. The van der Waals surface area contributed by atoms with E-state index in [1.165, 1.54) is 0 Å². The van der Waals surface area contributed by atoms with Crippen LogP contribution in [0.2, 0.25) is 0 Å². The highest BCUT2D eigenvalue weighted by Gasteiger charge is 2.22. The van der Waals surface area contributed by atoms with Gasteiger partial charge in [0.05, 0.1) is 11.7 Å². The van der Waals surface area contributed by atoms with Gasteiger partial charge in [0.15, 0.2) is 0 Å². The summed E-state index contributed by atoms with van der Waals surface area (Å²) in [6, 6.07) is 5.21. The molecule has 0 heterocycles. The lowest BCUT2D eigenvalue weighted by Crippen LogP contribution is -2.39. The molecule has 2 atom stereocenters. The van der Waals surface area contributed by atoms with E-state index in [1.54, 1.807) is 18.2 Å². The minimum absolute atomic E-state index is 0.0505. The average Bonchev–Trinajstić information content (AvgIpc) is 2.32. The molecule has 4 nitrogen and oxygen atoms in total. The van der Waals surface area contributed by atoms with E-state index < -0.39 is 0 Å². The van der Waals surface area contributed by atoms with E-state index in [2.05, 4.69) is 21.2 Å². The highest BCUT2D eigenvalue weighted by molar-refractivity contribution is 9.10. The minimum atomic E-state index is -0.298. The number of anilines is 1. The quantitative estimate of drug-likeness (QED) is 0.732. The standard InChI is InChI=1S/C13H17BrN2O2/c14-12-5-4-8(15)6-11(12)13(18)16-9-2-1-3-10(17)7-9/h4-6,9-10,17H,1-3,7,15H2,(H,16,18). The number of hydrogen-bond donors (Lipinski definition) is 3. The first kappa shape index (κ1) is 13.4. The van der Waals surface area contributed by atoms with E-state index in [4.69, 9.17) is 5.73 Å². The van der Waals surface area contributed by atoms with Crippen LogP contribution < -0.4 is 11.1 Å². The Morgan fingerprint density at radius 1 is 1.44 bits per heavy atom. The Kier molecular flexibility index (Phi) is 4.24. The second-order valence-corrected chi connectivity index (χ2v) is 5.58. The maximum Gasteiger partial charge on any atom is 0.252 e. The number of nitrogen functional groups attached to an aromatic ring is 1. The molecule has 0 aromatic heterocycles. The van der Waals surface area contributed by atoms with Crippen LogP contribution in [0.4, 0.5) is 5.69 Å². The smallest absolute Gasteiger partial charge is 0.252 e. The number of amides is 1. The number of nitrogens with one attached hydrogen (secondary N) is 1. The molecule has 1 aliphatic rings. The van der Waals surface area contributed by atoms with Gasteiger partial charge in [-0.2, -0.15) is 0 Å². The first-order chi connectivity index (χ1) is 8.56. The second-order valence-electron chi connectivity index (χ2n) is 4.73.